The first kappa shape index (κ1) is 28.8. The van der Waals surface area contributed by atoms with Gasteiger partial charge in [-0.3, -0.25) is 0 Å². The molecule has 0 radical (unpaired) electrons. The van der Waals surface area contributed by atoms with Crippen molar-refractivity contribution in [2.75, 3.05) is 0 Å². The molecule has 0 fully saturated rings. The molecule has 42 heavy (non-hydrogen) atoms. The first-order valence-electron chi connectivity index (χ1n) is 14.0. The van der Waals surface area contributed by atoms with Gasteiger partial charge in [-0.05, 0) is 63.2 Å². The fraction of sp³-hybridized carbons (Fsp3) is 0.0270. The number of rotatable bonds is 6. The van der Waals surface area contributed by atoms with Crippen LogP contribution in [-0.4, -0.2) is 23.9 Å². The molecule has 0 saturated carbocycles. The van der Waals surface area contributed by atoms with Gasteiger partial charge in [-0.1, -0.05) is 151 Å². The molecule has 6 aromatic carbocycles. The lowest BCUT2D eigenvalue weighted by Gasteiger charge is -2.09. The minimum absolute atomic E-state index is 0.301. The van der Waals surface area contributed by atoms with Crippen molar-refractivity contribution in [2.45, 2.75) is 6.92 Å². The first-order chi connectivity index (χ1) is 20.5. The van der Waals surface area contributed by atoms with E-state index in [4.69, 9.17) is 0 Å². The van der Waals surface area contributed by atoms with Gasteiger partial charge in [0.2, 0.25) is 0 Å². The van der Waals surface area contributed by atoms with Gasteiger partial charge in [-0.2, -0.15) is 0 Å². The van der Waals surface area contributed by atoms with Crippen molar-refractivity contribution >= 4 is 35.7 Å². The van der Waals surface area contributed by atoms with Gasteiger partial charge in [0.25, 0.3) is 0 Å². The normalized spacial score (nSPS) is 10.4. The molecule has 0 amide bonds. The van der Waals surface area contributed by atoms with Gasteiger partial charge in [0.1, 0.15) is 5.82 Å². The Balaban J connectivity index is 0.000000168. The fourth-order valence-corrected chi connectivity index (χ4v) is 4.76. The molecule has 0 aliphatic heterocycles. The van der Waals surface area contributed by atoms with E-state index in [2.05, 4.69) is 24.3 Å². The quantitative estimate of drug-likeness (QED) is 0.276. The summed E-state index contributed by atoms with van der Waals surface area (Å²) >= 11 is 0. The molecule has 2 nitrogen and oxygen atoms in total. The Labute approximate surface area is 248 Å². The molecule has 2 N–H and O–H groups in total. The molecule has 0 aliphatic rings. The molecule has 6 rings (SSSR count). The Kier molecular flexibility index (Phi) is 9.45. The molecule has 5 heteroatoms. The molecule has 0 aliphatic carbocycles. The Hall–Kier alpha value is -4.70. The van der Waals surface area contributed by atoms with Crippen LogP contribution >= 0.6 is 0 Å². The molecular weight excluding hydrogens is 517 g/mol. The summed E-state index contributed by atoms with van der Waals surface area (Å²) in [4.78, 5) is 0. The maximum atomic E-state index is 12.9. The van der Waals surface area contributed by atoms with E-state index < -0.39 is 13.8 Å². The monoisotopic (exact) mass is 548 g/mol. The minimum atomic E-state index is -0.740. The lowest BCUT2D eigenvalue weighted by Crippen LogP contribution is -2.42. The smallest absolute Gasteiger partial charge is 0.358 e. The number of hydrogen-bond donors (Lipinski definition) is 2. The maximum Gasteiger partial charge on any atom is 0.358 e. The van der Waals surface area contributed by atoms with Crippen LogP contribution < -0.4 is 21.9 Å². The van der Waals surface area contributed by atoms with Crippen LogP contribution in [0.3, 0.4) is 0 Å². The summed E-state index contributed by atoms with van der Waals surface area (Å²) in [7, 11) is 0. The van der Waals surface area contributed by atoms with Crippen molar-refractivity contribution in [1.82, 2.24) is 0 Å². The van der Waals surface area contributed by atoms with Crippen molar-refractivity contribution in [1.29, 1.82) is 0 Å². The Morgan fingerprint density at radius 3 is 1.02 bits per heavy atom. The zero-order valence-corrected chi connectivity index (χ0v) is 23.4. The van der Waals surface area contributed by atoms with Crippen molar-refractivity contribution in [3.8, 4) is 22.3 Å². The average molecular weight is 548 g/mol. The molecule has 0 bridgehead atoms. The second-order valence-corrected chi connectivity index (χ2v) is 10.2. The number of benzene rings is 6. The molecule has 0 saturated heterocycles. The third kappa shape index (κ3) is 7.32. The molecule has 0 atom stereocenters. The second-order valence-electron chi connectivity index (χ2n) is 10.2. The van der Waals surface area contributed by atoms with Crippen LogP contribution in [-0.2, 0) is 0 Å². The zero-order chi connectivity index (χ0) is 29.3. The van der Waals surface area contributed by atoms with E-state index in [0.717, 1.165) is 33.1 Å². The Bertz CT molecular complexity index is 1540. The summed E-state index contributed by atoms with van der Waals surface area (Å²) in [5.41, 5.74) is 9.11. The topological polar surface area (TPSA) is 40.5 Å². The van der Waals surface area contributed by atoms with Gasteiger partial charge in [0.15, 0.2) is 0 Å². The number of aryl methyl sites for hydroxylation is 1. The standard InChI is InChI=1S/C19H17BO.C18H14BFO/c1-15-7-11-18(12-8-15)20(21)19-13-9-17(10-14-19)16-5-3-2-4-6-16;20-18-12-10-17(11-13-18)19(21)16-8-6-15(7-9-16)14-4-2-1-3-5-14/h2-14,21H,1H3;1-13,21H. The van der Waals surface area contributed by atoms with E-state index in [1.165, 1.54) is 23.3 Å². The minimum Gasteiger partial charge on any atom is -0.443 e. The van der Waals surface area contributed by atoms with Crippen LogP contribution in [0.25, 0.3) is 22.3 Å². The van der Waals surface area contributed by atoms with Crippen molar-refractivity contribution in [3.63, 3.8) is 0 Å². The molecule has 0 spiro atoms. The van der Waals surface area contributed by atoms with E-state index in [1.807, 2.05) is 116 Å². The summed E-state index contributed by atoms with van der Waals surface area (Å²) < 4.78 is 12.9. The number of halogens is 1. The third-order valence-corrected chi connectivity index (χ3v) is 7.25. The predicted molar refractivity (Wildman–Crippen MR) is 176 cm³/mol. The highest BCUT2D eigenvalue weighted by Gasteiger charge is 2.17. The summed E-state index contributed by atoms with van der Waals surface area (Å²) in [6.07, 6.45) is 0. The summed E-state index contributed by atoms with van der Waals surface area (Å²) in [5, 5.41) is 20.8. The highest BCUT2D eigenvalue weighted by atomic mass is 19.1. The van der Waals surface area contributed by atoms with Crippen LogP contribution in [0.1, 0.15) is 5.56 Å². The molecule has 6 aromatic rings. The van der Waals surface area contributed by atoms with Gasteiger partial charge in [0, 0.05) is 0 Å². The van der Waals surface area contributed by atoms with Crippen molar-refractivity contribution < 1.29 is 14.4 Å². The summed E-state index contributed by atoms with van der Waals surface area (Å²) in [5.74, 6) is -0.301. The van der Waals surface area contributed by atoms with Crippen molar-refractivity contribution in [3.05, 3.63) is 169 Å². The summed E-state index contributed by atoms with van der Waals surface area (Å²) in [6.45, 7) is 0.732. The highest BCUT2D eigenvalue weighted by molar-refractivity contribution is 6.79. The summed E-state index contributed by atoms with van der Waals surface area (Å²) in [6, 6.07) is 50.1. The van der Waals surface area contributed by atoms with Gasteiger partial charge in [-0.25, -0.2) is 4.39 Å². The second kappa shape index (κ2) is 13.8. The zero-order valence-electron chi connectivity index (χ0n) is 23.4. The lowest BCUT2D eigenvalue weighted by atomic mass is 9.56. The van der Waals surface area contributed by atoms with E-state index in [-0.39, 0.29) is 5.82 Å². The molecule has 204 valence electrons. The maximum absolute atomic E-state index is 12.9. The van der Waals surface area contributed by atoms with E-state index in [9.17, 15) is 14.4 Å². The van der Waals surface area contributed by atoms with E-state index in [0.29, 0.717) is 5.46 Å². The molecular formula is C37H31B2FO2. The van der Waals surface area contributed by atoms with Gasteiger partial charge < -0.3 is 10.0 Å². The van der Waals surface area contributed by atoms with Gasteiger partial charge >= 0.3 is 13.8 Å². The van der Waals surface area contributed by atoms with Crippen LogP contribution in [0, 0.1) is 12.7 Å². The van der Waals surface area contributed by atoms with E-state index in [1.54, 1.807) is 12.1 Å². The van der Waals surface area contributed by atoms with Crippen LogP contribution in [0.2, 0.25) is 0 Å². The third-order valence-electron chi connectivity index (χ3n) is 7.25. The number of hydrogen-bond acceptors (Lipinski definition) is 2. The first-order valence-corrected chi connectivity index (χ1v) is 14.0. The van der Waals surface area contributed by atoms with E-state index >= 15 is 0 Å². The molecule has 0 aromatic heterocycles. The van der Waals surface area contributed by atoms with Crippen LogP contribution in [0.5, 0.6) is 0 Å². The fourth-order valence-electron chi connectivity index (χ4n) is 4.76. The van der Waals surface area contributed by atoms with Crippen LogP contribution in [0.4, 0.5) is 4.39 Å². The average Bonchev–Trinajstić information content (AvgIpc) is 3.06. The van der Waals surface area contributed by atoms with Crippen LogP contribution in [0.15, 0.2) is 158 Å². The van der Waals surface area contributed by atoms with Gasteiger partial charge in [-0.15, -0.1) is 0 Å². The Morgan fingerprint density at radius 1 is 0.381 bits per heavy atom. The molecule has 0 heterocycles. The van der Waals surface area contributed by atoms with Gasteiger partial charge in [0.05, 0.1) is 0 Å². The largest absolute Gasteiger partial charge is 0.443 e. The SMILES string of the molecule is Cc1ccc(B(O)c2ccc(-c3ccccc3)cc2)cc1.OB(c1ccc(F)cc1)c1ccc(-c2ccccc2)cc1. The van der Waals surface area contributed by atoms with Crippen molar-refractivity contribution in [2.24, 2.45) is 0 Å². The highest BCUT2D eigenvalue weighted by Crippen LogP contribution is 2.18. The molecule has 0 unspecified atom stereocenters. The lowest BCUT2D eigenvalue weighted by molar-refractivity contribution is 0.599. The predicted octanol–water partition coefficient (Wildman–Crippen LogP) is 5.35. The Morgan fingerprint density at radius 2 is 0.667 bits per heavy atom.